The van der Waals surface area contributed by atoms with Crippen molar-refractivity contribution in [3.63, 3.8) is 0 Å². The van der Waals surface area contributed by atoms with Gasteiger partial charge in [0.2, 0.25) is 0 Å². The van der Waals surface area contributed by atoms with E-state index in [1.165, 1.54) is 29.1 Å². The van der Waals surface area contributed by atoms with Gasteiger partial charge in [0, 0.05) is 24.7 Å². The number of halogens is 1. The molecule has 0 aliphatic carbocycles. The lowest BCUT2D eigenvalue weighted by Crippen LogP contribution is -2.38. The van der Waals surface area contributed by atoms with Crippen LogP contribution in [0.15, 0.2) is 59.7 Å². The number of aromatic nitrogens is 2. The van der Waals surface area contributed by atoms with Crippen molar-refractivity contribution in [2.45, 2.75) is 33.4 Å². The summed E-state index contributed by atoms with van der Waals surface area (Å²) in [5, 5.41) is 2.76. The first kappa shape index (κ1) is 21.2. The van der Waals surface area contributed by atoms with Gasteiger partial charge in [-0.1, -0.05) is 6.07 Å². The van der Waals surface area contributed by atoms with Gasteiger partial charge in [-0.05, 0) is 68.3 Å². The largest absolute Gasteiger partial charge is 0.481 e. The van der Waals surface area contributed by atoms with Crippen LogP contribution in [0.1, 0.15) is 18.1 Å². The molecule has 1 aromatic heterocycles. The van der Waals surface area contributed by atoms with Gasteiger partial charge in [-0.15, -0.1) is 0 Å². The second kappa shape index (κ2) is 9.35. The second-order valence-corrected chi connectivity index (χ2v) is 7.11. The summed E-state index contributed by atoms with van der Waals surface area (Å²) < 4.78 is 20.1. The van der Waals surface area contributed by atoms with E-state index in [0.717, 1.165) is 11.1 Å². The highest BCUT2D eigenvalue weighted by molar-refractivity contribution is 5.80. The molecule has 2 aromatic carbocycles. The summed E-state index contributed by atoms with van der Waals surface area (Å²) in [6.07, 6.45) is 0.755. The number of hydrogen-bond acceptors (Lipinski definition) is 4. The summed E-state index contributed by atoms with van der Waals surface area (Å²) in [7, 11) is 0. The molecule has 0 aliphatic heterocycles. The highest BCUT2D eigenvalue weighted by Gasteiger charge is 2.14. The number of amides is 1. The summed E-state index contributed by atoms with van der Waals surface area (Å²) in [6.45, 7) is 6.21. The lowest BCUT2D eigenvalue weighted by atomic mass is 10.1. The number of benzene rings is 2. The molecule has 1 unspecified atom stereocenters. The highest BCUT2D eigenvalue weighted by Crippen LogP contribution is 2.18. The minimum atomic E-state index is -0.664. The van der Waals surface area contributed by atoms with Crippen LogP contribution in [0.25, 0.3) is 11.3 Å². The van der Waals surface area contributed by atoms with Gasteiger partial charge in [-0.2, -0.15) is 0 Å². The minimum Gasteiger partial charge on any atom is -0.481 e. The fourth-order valence-corrected chi connectivity index (χ4v) is 2.86. The van der Waals surface area contributed by atoms with Crippen molar-refractivity contribution in [2.75, 3.05) is 6.54 Å². The summed E-state index contributed by atoms with van der Waals surface area (Å²) >= 11 is 0. The normalized spacial score (nSPS) is 11.7. The summed E-state index contributed by atoms with van der Waals surface area (Å²) in [5.41, 5.74) is 3.12. The Labute approximate surface area is 174 Å². The Morgan fingerprint density at radius 1 is 1.13 bits per heavy atom. The summed E-state index contributed by atoms with van der Waals surface area (Å²) in [4.78, 5) is 28.8. The van der Waals surface area contributed by atoms with Crippen LogP contribution in [0.2, 0.25) is 0 Å². The van der Waals surface area contributed by atoms with Gasteiger partial charge in [0.15, 0.2) is 6.10 Å². The molecular formula is C23H24FN3O3. The summed E-state index contributed by atoms with van der Waals surface area (Å²) in [6, 6.07) is 12.8. The van der Waals surface area contributed by atoms with Gasteiger partial charge in [0.1, 0.15) is 11.6 Å². The molecule has 1 N–H and O–H groups in total. The Balaban J connectivity index is 1.53. The third-order valence-electron chi connectivity index (χ3n) is 4.83. The van der Waals surface area contributed by atoms with Crippen LogP contribution in [0.4, 0.5) is 4.39 Å². The predicted octanol–water partition coefficient (Wildman–Crippen LogP) is 3.25. The highest BCUT2D eigenvalue weighted by atomic mass is 19.1. The maximum absolute atomic E-state index is 13.0. The monoisotopic (exact) mass is 409 g/mol. The molecule has 30 heavy (non-hydrogen) atoms. The lowest BCUT2D eigenvalue weighted by Gasteiger charge is -2.16. The molecule has 0 spiro atoms. The quantitative estimate of drug-likeness (QED) is 0.650. The minimum absolute atomic E-state index is 0.252. The number of carbonyl (C=O) groups is 1. The van der Waals surface area contributed by atoms with Crippen molar-refractivity contribution >= 4 is 5.91 Å². The third kappa shape index (κ3) is 5.31. The molecule has 7 heteroatoms. The fraction of sp³-hybridized carbons (Fsp3) is 0.261. The number of nitrogens with one attached hydrogen (secondary N) is 1. The Bertz CT molecular complexity index is 1090. The van der Waals surface area contributed by atoms with Crippen LogP contribution >= 0.6 is 0 Å². The van der Waals surface area contributed by atoms with Gasteiger partial charge >= 0.3 is 0 Å². The van der Waals surface area contributed by atoms with E-state index in [9.17, 15) is 14.0 Å². The molecule has 0 radical (unpaired) electrons. The number of rotatable bonds is 7. The number of ether oxygens (including phenoxy) is 1. The Hall–Kier alpha value is -3.48. The maximum atomic E-state index is 13.0. The van der Waals surface area contributed by atoms with E-state index >= 15 is 0 Å². The predicted molar refractivity (Wildman–Crippen MR) is 113 cm³/mol. The Kier molecular flexibility index (Phi) is 6.61. The average Bonchev–Trinajstić information content (AvgIpc) is 2.72. The van der Waals surface area contributed by atoms with Gasteiger partial charge in [-0.25, -0.2) is 9.37 Å². The van der Waals surface area contributed by atoms with E-state index in [1.54, 1.807) is 19.1 Å². The van der Waals surface area contributed by atoms with Crippen LogP contribution in [0.3, 0.4) is 0 Å². The maximum Gasteiger partial charge on any atom is 0.260 e. The number of nitrogens with zero attached hydrogens (tertiary/aromatic N) is 2. The van der Waals surface area contributed by atoms with Crippen LogP contribution in [-0.4, -0.2) is 28.1 Å². The molecule has 3 aromatic rings. The standard InChI is InChI=1S/C23H24FN3O3/c1-15-4-9-20(12-16(15)2)30-17(3)23(29)25-10-11-27-14-26-21(13-22(27)28)18-5-7-19(24)8-6-18/h4-9,12-14,17H,10-11H2,1-3H3,(H,25,29). The average molecular weight is 409 g/mol. The van der Waals surface area contributed by atoms with Gasteiger partial charge in [-0.3, -0.25) is 14.2 Å². The topological polar surface area (TPSA) is 73.2 Å². The van der Waals surface area contributed by atoms with E-state index in [0.29, 0.717) is 17.0 Å². The first-order valence-corrected chi connectivity index (χ1v) is 9.67. The molecule has 0 saturated carbocycles. The van der Waals surface area contributed by atoms with E-state index in [1.807, 2.05) is 32.0 Å². The van der Waals surface area contributed by atoms with Crippen LogP contribution in [-0.2, 0) is 11.3 Å². The van der Waals surface area contributed by atoms with Gasteiger partial charge in [0.05, 0.1) is 12.0 Å². The molecule has 0 bridgehead atoms. The van der Waals surface area contributed by atoms with Crippen LogP contribution < -0.4 is 15.6 Å². The smallest absolute Gasteiger partial charge is 0.260 e. The van der Waals surface area contributed by atoms with Gasteiger partial charge in [0.25, 0.3) is 11.5 Å². The second-order valence-electron chi connectivity index (χ2n) is 7.11. The van der Waals surface area contributed by atoms with E-state index in [-0.39, 0.29) is 30.4 Å². The van der Waals surface area contributed by atoms with Crippen molar-refractivity contribution in [3.8, 4) is 17.0 Å². The van der Waals surface area contributed by atoms with Gasteiger partial charge < -0.3 is 10.1 Å². The molecular weight excluding hydrogens is 385 g/mol. The SMILES string of the molecule is Cc1ccc(OC(C)C(=O)NCCn2cnc(-c3ccc(F)cc3)cc2=O)cc1C. The molecule has 1 atom stereocenters. The van der Waals surface area contributed by atoms with Crippen LogP contribution in [0, 0.1) is 19.7 Å². The number of hydrogen-bond donors (Lipinski definition) is 1. The zero-order chi connectivity index (χ0) is 21.7. The molecule has 1 amide bonds. The molecule has 6 nitrogen and oxygen atoms in total. The lowest BCUT2D eigenvalue weighted by molar-refractivity contribution is -0.127. The van der Waals surface area contributed by atoms with Crippen molar-refractivity contribution in [1.29, 1.82) is 0 Å². The molecule has 0 aliphatic rings. The third-order valence-corrected chi connectivity index (χ3v) is 4.83. The molecule has 1 heterocycles. The zero-order valence-electron chi connectivity index (χ0n) is 17.2. The number of carbonyl (C=O) groups excluding carboxylic acids is 1. The van der Waals surface area contributed by atoms with E-state index < -0.39 is 6.10 Å². The Morgan fingerprint density at radius 3 is 2.53 bits per heavy atom. The van der Waals surface area contributed by atoms with Crippen LogP contribution in [0.5, 0.6) is 5.75 Å². The van der Waals surface area contributed by atoms with Crippen molar-refractivity contribution in [1.82, 2.24) is 14.9 Å². The first-order valence-electron chi connectivity index (χ1n) is 9.67. The molecule has 156 valence electrons. The van der Waals surface area contributed by atoms with E-state index in [2.05, 4.69) is 10.3 Å². The number of aryl methyl sites for hydroxylation is 2. The van der Waals surface area contributed by atoms with Crippen molar-refractivity contribution < 1.29 is 13.9 Å². The molecule has 0 fully saturated rings. The molecule has 0 saturated heterocycles. The van der Waals surface area contributed by atoms with Crippen molar-refractivity contribution in [2.24, 2.45) is 0 Å². The fourth-order valence-electron chi connectivity index (χ4n) is 2.86. The molecule has 3 rings (SSSR count). The summed E-state index contributed by atoms with van der Waals surface area (Å²) in [5.74, 6) is 0.0216. The zero-order valence-corrected chi connectivity index (χ0v) is 17.2. The Morgan fingerprint density at radius 2 is 1.87 bits per heavy atom. The van der Waals surface area contributed by atoms with Crippen molar-refractivity contribution in [3.05, 3.63) is 82.2 Å². The first-order chi connectivity index (χ1) is 14.3. The van der Waals surface area contributed by atoms with E-state index in [4.69, 9.17) is 4.74 Å².